The van der Waals surface area contributed by atoms with Gasteiger partial charge in [0.1, 0.15) is 5.84 Å². The molecule has 0 saturated carbocycles. The summed E-state index contributed by atoms with van der Waals surface area (Å²) < 4.78 is 0. The summed E-state index contributed by atoms with van der Waals surface area (Å²) in [5.41, 5.74) is 5.93. The topological polar surface area (TPSA) is 104 Å². The van der Waals surface area contributed by atoms with Crippen LogP contribution in [0.1, 0.15) is 12.6 Å². The summed E-state index contributed by atoms with van der Waals surface area (Å²) in [7, 11) is 0. The summed E-state index contributed by atoms with van der Waals surface area (Å²) in [6.07, 6.45) is 0. The summed E-state index contributed by atoms with van der Waals surface area (Å²) in [6, 6.07) is 1.43. The summed E-state index contributed by atoms with van der Waals surface area (Å²) >= 11 is 1.36. The first-order valence-electron chi connectivity index (χ1n) is 4.71. The Kier molecular flexibility index (Phi) is 4.36. The minimum atomic E-state index is -0.175. The number of hydrogen-bond donors (Lipinski definition) is 3. The second kappa shape index (κ2) is 5.55. The molecule has 0 aliphatic carbocycles. The van der Waals surface area contributed by atoms with E-state index in [1.807, 2.05) is 6.92 Å². The summed E-state index contributed by atoms with van der Waals surface area (Å²) in [5, 5.41) is 11.9. The highest BCUT2D eigenvalue weighted by Gasteiger charge is 2.09. The van der Waals surface area contributed by atoms with Crippen LogP contribution >= 0.6 is 11.8 Å². The fourth-order valence-corrected chi connectivity index (χ4v) is 1.97. The third-order valence-corrected chi connectivity index (χ3v) is 3.07. The van der Waals surface area contributed by atoms with Crippen LogP contribution in [-0.2, 0) is 0 Å². The van der Waals surface area contributed by atoms with E-state index in [1.165, 1.54) is 17.8 Å². The third kappa shape index (κ3) is 3.58. The molecule has 0 amide bonds. The maximum absolute atomic E-state index is 11.1. The van der Waals surface area contributed by atoms with Crippen molar-refractivity contribution in [3.05, 3.63) is 22.1 Å². The number of aromatic amines is 1. The van der Waals surface area contributed by atoms with Gasteiger partial charge in [0, 0.05) is 23.4 Å². The Hall–Kier alpha value is -1.50. The number of nitrogens with zero attached hydrogens (tertiary/aromatic N) is 2. The van der Waals surface area contributed by atoms with E-state index in [1.54, 1.807) is 6.92 Å². The van der Waals surface area contributed by atoms with Crippen molar-refractivity contribution in [3.8, 4) is 0 Å². The SMILES string of the molecule is Cc1cc(=O)[nH]c(SCC(C)/C(N)=N/O)n1. The van der Waals surface area contributed by atoms with Gasteiger partial charge in [-0.3, -0.25) is 4.79 Å². The van der Waals surface area contributed by atoms with Crippen LogP contribution in [0.2, 0.25) is 0 Å². The van der Waals surface area contributed by atoms with Gasteiger partial charge in [-0.15, -0.1) is 0 Å². The van der Waals surface area contributed by atoms with E-state index in [0.717, 1.165) is 0 Å². The maximum atomic E-state index is 11.1. The molecule has 7 heteroatoms. The average Bonchev–Trinajstić information content (AvgIpc) is 2.23. The first kappa shape index (κ1) is 12.6. The van der Waals surface area contributed by atoms with Crippen molar-refractivity contribution in [1.29, 1.82) is 0 Å². The van der Waals surface area contributed by atoms with Gasteiger partial charge in [0.15, 0.2) is 5.16 Å². The number of aromatic nitrogens is 2. The number of aryl methyl sites for hydroxylation is 1. The number of amidine groups is 1. The zero-order valence-electron chi connectivity index (χ0n) is 9.10. The molecule has 1 aromatic rings. The highest BCUT2D eigenvalue weighted by Crippen LogP contribution is 2.15. The maximum Gasteiger partial charge on any atom is 0.251 e. The number of H-pyrrole nitrogens is 1. The molecule has 1 rings (SSSR count). The van der Waals surface area contributed by atoms with Crippen molar-refractivity contribution < 1.29 is 5.21 Å². The minimum absolute atomic E-state index is 0.0826. The lowest BCUT2D eigenvalue weighted by Crippen LogP contribution is -2.23. The zero-order valence-corrected chi connectivity index (χ0v) is 9.91. The van der Waals surface area contributed by atoms with Gasteiger partial charge in [0.2, 0.25) is 0 Å². The van der Waals surface area contributed by atoms with E-state index >= 15 is 0 Å². The molecule has 1 unspecified atom stereocenters. The Morgan fingerprint density at radius 1 is 1.81 bits per heavy atom. The number of nitrogens with one attached hydrogen (secondary N) is 1. The van der Waals surface area contributed by atoms with E-state index in [9.17, 15) is 4.79 Å². The van der Waals surface area contributed by atoms with Crippen LogP contribution in [-0.4, -0.2) is 26.8 Å². The molecule has 0 aliphatic heterocycles. The fourth-order valence-electron chi connectivity index (χ4n) is 1.01. The van der Waals surface area contributed by atoms with Crippen molar-refractivity contribution in [1.82, 2.24) is 9.97 Å². The first-order chi connectivity index (χ1) is 7.52. The first-order valence-corrected chi connectivity index (χ1v) is 5.69. The van der Waals surface area contributed by atoms with Crippen molar-refractivity contribution in [3.63, 3.8) is 0 Å². The van der Waals surface area contributed by atoms with Crippen LogP contribution in [0, 0.1) is 12.8 Å². The quantitative estimate of drug-likeness (QED) is 0.179. The van der Waals surface area contributed by atoms with Gasteiger partial charge >= 0.3 is 0 Å². The van der Waals surface area contributed by atoms with Crippen molar-refractivity contribution in [2.24, 2.45) is 16.8 Å². The van der Waals surface area contributed by atoms with Crippen LogP contribution in [0.4, 0.5) is 0 Å². The average molecular weight is 242 g/mol. The van der Waals surface area contributed by atoms with Gasteiger partial charge in [0.05, 0.1) is 0 Å². The Bertz CT molecular complexity index is 443. The second-order valence-electron chi connectivity index (χ2n) is 3.43. The molecular weight excluding hydrogens is 228 g/mol. The molecular formula is C9H14N4O2S. The van der Waals surface area contributed by atoms with Crippen LogP contribution in [0.5, 0.6) is 0 Å². The minimum Gasteiger partial charge on any atom is -0.409 e. The lowest BCUT2D eigenvalue weighted by atomic mass is 10.2. The number of nitrogens with two attached hydrogens (primary N) is 1. The molecule has 1 atom stereocenters. The Labute approximate surface area is 97.0 Å². The van der Waals surface area contributed by atoms with E-state index in [2.05, 4.69) is 15.1 Å². The zero-order chi connectivity index (χ0) is 12.1. The number of thioether (sulfide) groups is 1. The van der Waals surface area contributed by atoms with Crippen molar-refractivity contribution >= 4 is 17.6 Å². The summed E-state index contributed by atoms with van der Waals surface area (Å²) in [6.45, 7) is 3.59. The van der Waals surface area contributed by atoms with Crippen LogP contribution in [0.3, 0.4) is 0 Å². The predicted octanol–water partition coefficient (Wildman–Crippen LogP) is 0.553. The highest BCUT2D eigenvalue weighted by atomic mass is 32.2. The molecule has 16 heavy (non-hydrogen) atoms. The summed E-state index contributed by atoms with van der Waals surface area (Å²) in [5.74, 6) is 0.672. The molecule has 0 spiro atoms. The van der Waals surface area contributed by atoms with E-state index < -0.39 is 0 Å². The monoisotopic (exact) mass is 242 g/mol. The van der Waals surface area contributed by atoms with Gasteiger partial charge in [-0.1, -0.05) is 23.8 Å². The molecule has 88 valence electrons. The smallest absolute Gasteiger partial charge is 0.251 e. The number of rotatable bonds is 4. The molecule has 0 saturated heterocycles. The van der Waals surface area contributed by atoms with Crippen LogP contribution in [0.15, 0.2) is 21.2 Å². The van der Waals surface area contributed by atoms with Crippen LogP contribution < -0.4 is 11.3 Å². The number of oxime groups is 1. The van der Waals surface area contributed by atoms with Gasteiger partial charge in [-0.05, 0) is 6.92 Å². The molecule has 4 N–H and O–H groups in total. The van der Waals surface area contributed by atoms with Gasteiger partial charge in [-0.2, -0.15) is 0 Å². The number of hydrogen-bond acceptors (Lipinski definition) is 5. The van der Waals surface area contributed by atoms with E-state index in [4.69, 9.17) is 10.9 Å². The van der Waals surface area contributed by atoms with E-state index in [-0.39, 0.29) is 17.3 Å². The summed E-state index contributed by atoms with van der Waals surface area (Å²) in [4.78, 5) is 17.9. The van der Waals surface area contributed by atoms with Gasteiger partial charge in [-0.25, -0.2) is 4.98 Å². The van der Waals surface area contributed by atoms with Gasteiger partial charge < -0.3 is 15.9 Å². The molecule has 1 heterocycles. The molecule has 0 fully saturated rings. The fraction of sp³-hybridized carbons (Fsp3) is 0.444. The van der Waals surface area contributed by atoms with Crippen molar-refractivity contribution in [2.75, 3.05) is 5.75 Å². The molecule has 0 radical (unpaired) electrons. The largest absolute Gasteiger partial charge is 0.409 e. The normalized spacial score (nSPS) is 13.8. The Balaban J connectivity index is 2.65. The lowest BCUT2D eigenvalue weighted by molar-refractivity contribution is 0.315. The molecule has 1 aromatic heterocycles. The molecule has 0 aromatic carbocycles. The second-order valence-corrected chi connectivity index (χ2v) is 4.44. The Morgan fingerprint density at radius 2 is 2.50 bits per heavy atom. The Morgan fingerprint density at radius 3 is 3.06 bits per heavy atom. The van der Waals surface area contributed by atoms with Gasteiger partial charge in [0.25, 0.3) is 5.56 Å². The predicted molar refractivity (Wildman–Crippen MR) is 62.9 cm³/mol. The molecule has 0 bridgehead atoms. The van der Waals surface area contributed by atoms with E-state index in [0.29, 0.717) is 16.6 Å². The molecule has 0 aliphatic rings. The highest BCUT2D eigenvalue weighted by molar-refractivity contribution is 7.99. The molecule has 6 nitrogen and oxygen atoms in total. The third-order valence-electron chi connectivity index (χ3n) is 1.94. The lowest BCUT2D eigenvalue weighted by Gasteiger charge is -2.08. The standard InChI is InChI=1S/C9H14N4O2S/c1-5(8(10)13-15)4-16-9-11-6(2)3-7(14)12-9/h3,5,15H,4H2,1-2H3,(H2,10,13)(H,11,12,14). The van der Waals surface area contributed by atoms with Crippen LogP contribution in [0.25, 0.3) is 0 Å². The van der Waals surface area contributed by atoms with Crippen molar-refractivity contribution in [2.45, 2.75) is 19.0 Å².